The Balaban J connectivity index is 1.61. The minimum absolute atomic E-state index is 0.00835. The van der Waals surface area contributed by atoms with Crippen molar-refractivity contribution in [2.75, 3.05) is 19.8 Å². The first-order valence-corrected chi connectivity index (χ1v) is 14.4. The van der Waals surface area contributed by atoms with Crippen molar-refractivity contribution >= 4 is 22.5 Å². The molecule has 7 rings (SSSR count). The number of rotatable bonds is 5. The van der Waals surface area contributed by atoms with Crippen LogP contribution in [0.2, 0.25) is 5.02 Å². The Bertz CT molecular complexity index is 1840. The fraction of sp³-hybridized carbons (Fsp3) is 0.273. The summed E-state index contributed by atoms with van der Waals surface area (Å²) in [6.07, 6.45) is 6.15. The first-order valence-electron chi connectivity index (χ1n) is 14.0. The Labute approximate surface area is 242 Å². The maximum absolute atomic E-state index is 13.9. The molecule has 3 heterocycles. The molecule has 1 N–H and O–H groups in total. The summed E-state index contributed by atoms with van der Waals surface area (Å²) in [7, 11) is 1.94. The highest BCUT2D eigenvalue weighted by Gasteiger charge is 2.39. The van der Waals surface area contributed by atoms with Crippen molar-refractivity contribution in [2.24, 2.45) is 7.05 Å². The number of pyridine rings is 1. The maximum atomic E-state index is 13.9. The predicted molar refractivity (Wildman–Crippen MR) is 160 cm³/mol. The molecule has 1 fully saturated rings. The smallest absolute Gasteiger partial charge is 0.251 e. The van der Waals surface area contributed by atoms with Crippen LogP contribution in [-0.4, -0.2) is 33.9 Å². The number of hydrogen-bond donors (Lipinski definition) is 1. The number of ether oxygens (including phenoxy) is 1. The number of nitrogens with one attached hydrogen (secondary N) is 1. The van der Waals surface area contributed by atoms with Crippen LogP contribution in [0.15, 0.2) is 84.0 Å². The second-order valence-electron chi connectivity index (χ2n) is 10.9. The number of alkyl halides is 1. The van der Waals surface area contributed by atoms with E-state index < -0.39 is 12.2 Å². The van der Waals surface area contributed by atoms with Gasteiger partial charge in [-0.1, -0.05) is 41.9 Å². The van der Waals surface area contributed by atoms with Gasteiger partial charge in [0.15, 0.2) is 0 Å². The van der Waals surface area contributed by atoms with Crippen LogP contribution >= 0.6 is 11.6 Å². The van der Waals surface area contributed by atoms with E-state index in [4.69, 9.17) is 16.3 Å². The highest BCUT2D eigenvalue weighted by molar-refractivity contribution is 6.31. The average molecular weight is 569 g/mol. The molecule has 0 spiro atoms. The van der Waals surface area contributed by atoms with Crippen LogP contribution in [0.4, 0.5) is 4.39 Å². The standard InChI is InChI=1S/C33H30ClFN4O2/c1-38-20-36-19-31(38)33(37-13-12-35)23-5-9-29(34)22(15-23)11-14-41-26-4-2-3-21(16-26)27-18-32(40)39(25-7-8-25)30-10-6-24(33)17-28(27)30/h2-6,9-10,15-20,25,37H,7-8,11-14H2,1H3. The minimum Gasteiger partial charge on any atom is -0.493 e. The van der Waals surface area contributed by atoms with Crippen molar-refractivity contribution in [3.05, 3.63) is 117 Å². The van der Waals surface area contributed by atoms with Crippen LogP contribution in [0, 0.1) is 0 Å². The van der Waals surface area contributed by atoms with Crippen molar-refractivity contribution in [1.29, 1.82) is 0 Å². The number of aryl methyl sites for hydroxylation is 1. The lowest BCUT2D eigenvalue weighted by Gasteiger charge is -2.37. The fourth-order valence-electron chi connectivity index (χ4n) is 6.28. The van der Waals surface area contributed by atoms with Gasteiger partial charge >= 0.3 is 0 Å². The number of aromatic nitrogens is 3. The molecule has 41 heavy (non-hydrogen) atoms. The van der Waals surface area contributed by atoms with Crippen LogP contribution in [0.3, 0.4) is 0 Å². The van der Waals surface area contributed by atoms with Crippen LogP contribution < -0.4 is 15.6 Å². The van der Waals surface area contributed by atoms with Gasteiger partial charge in [0.25, 0.3) is 5.56 Å². The summed E-state index contributed by atoms with van der Waals surface area (Å²) in [5, 5.41) is 5.17. The van der Waals surface area contributed by atoms with Gasteiger partial charge in [0.05, 0.1) is 30.3 Å². The first kappa shape index (κ1) is 26.0. The number of fused-ring (bicyclic) bond motifs is 6. The zero-order valence-electron chi connectivity index (χ0n) is 22.7. The molecule has 2 aromatic heterocycles. The first-order chi connectivity index (χ1) is 20.0. The van der Waals surface area contributed by atoms with E-state index in [0.29, 0.717) is 18.1 Å². The van der Waals surface area contributed by atoms with E-state index in [1.54, 1.807) is 12.4 Å². The Hall–Kier alpha value is -3.94. The highest BCUT2D eigenvalue weighted by Crippen LogP contribution is 2.43. The Morgan fingerprint density at radius 2 is 1.93 bits per heavy atom. The molecule has 6 bridgehead atoms. The third-order valence-electron chi connectivity index (χ3n) is 8.35. The quantitative estimate of drug-likeness (QED) is 0.275. The van der Waals surface area contributed by atoms with E-state index in [1.165, 1.54) is 0 Å². The molecule has 1 aliphatic carbocycles. The van der Waals surface area contributed by atoms with E-state index in [2.05, 4.69) is 28.5 Å². The molecule has 1 saturated carbocycles. The lowest BCUT2D eigenvalue weighted by atomic mass is 9.78. The summed E-state index contributed by atoms with van der Waals surface area (Å²) >= 11 is 6.70. The molecular formula is C33H30ClFN4O2. The molecule has 0 radical (unpaired) electrons. The van der Waals surface area contributed by atoms with Crippen molar-refractivity contribution in [3.8, 4) is 16.9 Å². The number of hydrogen-bond acceptors (Lipinski definition) is 4. The van der Waals surface area contributed by atoms with Crippen LogP contribution in [0.25, 0.3) is 22.0 Å². The number of imidazole rings is 1. The number of halogens is 2. The largest absolute Gasteiger partial charge is 0.493 e. The molecule has 0 saturated heterocycles. The predicted octanol–water partition coefficient (Wildman–Crippen LogP) is 6.18. The summed E-state index contributed by atoms with van der Waals surface area (Å²) in [6, 6.07) is 22.1. The van der Waals surface area contributed by atoms with E-state index in [1.807, 2.05) is 64.8 Å². The summed E-state index contributed by atoms with van der Waals surface area (Å²) < 4.78 is 24.0. The third-order valence-corrected chi connectivity index (χ3v) is 8.71. The minimum atomic E-state index is -0.949. The molecule has 8 heteroatoms. The molecule has 1 unspecified atom stereocenters. The SMILES string of the molecule is Cn1cncc1C1(NCCF)c2ccc(Cl)c(c2)CCOc2cccc(c2)-c2cc(=O)n(C3CC3)c3ccc1cc23. The van der Waals surface area contributed by atoms with Crippen molar-refractivity contribution in [1.82, 2.24) is 19.4 Å². The van der Waals surface area contributed by atoms with Gasteiger partial charge in [-0.15, -0.1) is 0 Å². The number of benzene rings is 3. The van der Waals surface area contributed by atoms with E-state index in [-0.39, 0.29) is 18.1 Å². The lowest BCUT2D eigenvalue weighted by molar-refractivity contribution is 0.322. The van der Waals surface area contributed by atoms with Gasteiger partial charge in [-0.3, -0.25) is 10.1 Å². The second-order valence-corrected chi connectivity index (χ2v) is 11.3. The zero-order chi connectivity index (χ0) is 28.1. The molecule has 208 valence electrons. The molecule has 2 aliphatic rings. The van der Waals surface area contributed by atoms with Gasteiger partial charge in [0, 0.05) is 42.5 Å². The maximum Gasteiger partial charge on any atom is 0.251 e. The van der Waals surface area contributed by atoms with Gasteiger partial charge in [0.1, 0.15) is 18.0 Å². The second kappa shape index (κ2) is 10.2. The van der Waals surface area contributed by atoms with Crippen molar-refractivity contribution in [3.63, 3.8) is 0 Å². The molecule has 1 aliphatic heterocycles. The van der Waals surface area contributed by atoms with Crippen molar-refractivity contribution < 1.29 is 9.13 Å². The molecule has 5 aromatic rings. The van der Waals surface area contributed by atoms with E-state index in [0.717, 1.165) is 63.0 Å². The van der Waals surface area contributed by atoms with Gasteiger partial charge in [-0.25, -0.2) is 9.37 Å². The molecule has 3 aromatic carbocycles. The summed E-state index contributed by atoms with van der Waals surface area (Å²) in [5.74, 6) is 0.733. The number of nitrogens with zero attached hydrogens (tertiary/aromatic N) is 3. The molecule has 0 amide bonds. The van der Waals surface area contributed by atoms with E-state index >= 15 is 0 Å². The van der Waals surface area contributed by atoms with Gasteiger partial charge in [-0.2, -0.15) is 0 Å². The average Bonchev–Trinajstić information content (AvgIpc) is 3.73. The highest BCUT2D eigenvalue weighted by atomic mass is 35.5. The van der Waals surface area contributed by atoms with Crippen LogP contribution in [0.5, 0.6) is 5.75 Å². The topological polar surface area (TPSA) is 61.1 Å². The normalized spacial score (nSPS) is 18.3. The Morgan fingerprint density at radius 1 is 1.10 bits per heavy atom. The monoisotopic (exact) mass is 568 g/mol. The van der Waals surface area contributed by atoms with Crippen LogP contribution in [0.1, 0.15) is 41.3 Å². The molecular weight excluding hydrogens is 539 g/mol. The van der Waals surface area contributed by atoms with Gasteiger partial charge in [0.2, 0.25) is 0 Å². The van der Waals surface area contributed by atoms with Crippen LogP contribution in [-0.2, 0) is 19.0 Å². The van der Waals surface area contributed by atoms with E-state index in [9.17, 15) is 9.18 Å². The van der Waals surface area contributed by atoms with Gasteiger partial charge < -0.3 is 13.9 Å². The third kappa shape index (κ3) is 4.35. The Morgan fingerprint density at radius 3 is 2.71 bits per heavy atom. The molecule has 6 nitrogen and oxygen atoms in total. The summed E-state index contributed by atoms with van der Waals surface area (Å²) in [5.41, 5.74) is 5.31. The lowest BCUT2D eigenvalue weighted by Crippen LogP contribution is -2.47. The zero-order valence-corrected chi connectivity index (χ0v) is 23.5. The van der Waals surface area contributed by atoms with Gasteiger partial charge in [-0.05, 0) is 71.0 Å². The Kier molecular flexibility index (Phi) is 6.44. The fourth-order valence-corrected chi connectivity index (χ4v) is 6.49. The van der Waals surface area contributed by atoms with Crippen molar-refractivity contribution in [2.45, 2.75) is 30.8 Å². The molecule has 1 atom stereocenters. The summed E-state index contributed by atoms with van der Waals surface area (Å²) in [4.78, 5) is 17.9. The summed E-state index contributed by atoms with van der Waals surface area (Å²) in [6.45, 7) is 0.00865.